The van der Waals surface area contributed by atoms with Gasteiger partial charge in [-0.2, -0.15) is 0 Å². The standard InChI is InChI=1S/3C6H5BO2.6C2H7N/c3*8-7(9)6-4-2-1-3-5-6;6*1-2-3/h3*1-5H;6*2-3H2,1H3/q3*-2;;;;;;/p+6. The van der Waals surface area contributed by atoms with Crippen LogP contribution in [0.5, 0.6) is 0 Å². The number of hydrogen-bond donors (Lipinski definition) is 6. The fraction of sp³-hybridized carbons (Fsp3) is 0.400. The Labute approximate surface area is 273 Å². The van der Waals surface area contributed by atoms with Crippen LogP contribution in [0.4, 0.5) is 0 Å². The molecule has 0 atom stereocenters. The molecule has 0 aromatic heterocycles. The minimum absolute atomic E-state index is 0.303. The van der Waals surface area contributed by atoms with Crippen molar-refractivity contribution in [2.24, 2.45) is 0 Å². The summed E-state index contributed by atoms with van der Waals surface area (Å²) < 4.78 is 0. The van der Waals surface area contributed by atoms with E-state index in [1.165, 1.54) is 36.4 Å². The molecule has 12 nitrogen and oxygen atoms in total. The van der Waals surface area contributed by atoms with Gasteiger partial charge in [0.15, 0.2) is 0 Å². The quantitative estimate of drug-likeness (QED) is 0.152. The Morgan fingerprint density at radius 1 is 0.333 bits per heavy atom. The maximum absolute atomic E-state index is 10.2. The van der Waals surface area contributed by atoms with Crippen molar-refractivity contribution < 1.29 is 64.5 Å². The Balaban J connectivity index is -0.000000101. The van der Waals surface area contributed by atoms with Crippen LogP contribution >= 0.6 is 0 Å². The maximum atomic E-state index is 10.2. The molecule has 0 aliphatic heterocycles. The van der Waals surface area contributed by atoms with E-state index >= 15 is 0 Å². The molecule has 0 heterocycles. The summed E-state index contributed by atoms with van der Waals surface area (Å²) in [4.78, 5) is 0. The number of benzene rings is 3. The zero-order valence-corrected chi connectivity index (χ0v) is 28.8. The second-order valence-electron chi connectivity index (χ2n) is 8.23. The number of hydrogen-bond acceptors (Lipinski definition) is 6. The Kier molecular flexibility index (Phi) is 62.1. The van der Waals surface area contributed by atoms with Crippen molar-refractivity contribution in [1.29, 1.82) is 0 Å². The summed E-state index contributed by atoms with van der Waals surface area (Å²) in [5.41, 5.74) is 21.8. The molecule has 0 saturated carbocycles. The van der Waals surface area contributed by atoms with Crippen LogP contribution in [0.3, 0.4) is 0 Å². The average molecular weight is 636 g/mol. The first kappa shape index (κ1) is 54.8. The molecule has 15 heteroatoms. The van der Waals surface area contributed by atoms with Gasteiger partial charge in [-0.3, -0.25) is 0 Å². The van der Waals surface area contributed by atoms with Crippen molar-refractivity contribution in [3.8, 4) is 0 Å². The molecule has 3 rings (SSSR count). The fourth-order valence-electron chi connectivity index (χ4n) is 1.83. The predicted octanol–water partition coefficient (Wildman–Crippen LogP) is -10.2. The molecule has 45 heavy (non-hydrogen) atoms. The third-order valence-electron chi connectivity index (χ3n) is 3.22. The molecule has 0 spiro atoms. The Hall–Kier alpha value is -2.63. The molecular weight excluding hydrogens is 573 g/mol. The highest BCUT2D eigenvalue weighted by Crippen LogP contribution is 1.81. The second-order valence-corrected chi connectivity index (χ2v) is 8.23. The van der Waals surface area contributed by atoms with Crippen LogP contribution in [0.2, 0.25) is 0 Å². The van der Waals surface area contributed by atoms with E-state index in [1.807, 2.05) is 41.5 Å². The van der Waals surface area contributed by atoms with Crippen LogP contribution in [0.15, 0.2) is 91.0 Å². The molecule has 0 fully saturated rings. The van der Waals surface area contributed by atoms with Crippen molar-refractivity contribution in [1.82, 2.24) is 0 Å². The smallest absolute Gasteiger partial charge is 0.0711 e. The van der Waals surface area contributed by atoms with Crippen molar-refractivity contribution in [3.63, 3.8) is 0 Å². The average Bonchev–Trinajstić information content (AvgIpc) is 3.02. The Morgan fingerprint density at radius 3 is 0.511 bits per heavy atom. The van der Waals surface area contributed by atoms with Crippen molar-refractivity contribution in [3.05, 3.63) is 91.0 Å². The van der Waals surface area contributed by atoms with Gasteiger partial charge in [0, 0.05) is 0 Å². The molecule has 0 bridgehead atoms. The van der Waals surface area contributed by atoms with Crippen LogP contribution < -0.4 is 80.9 Å². The van der Waals surface area contributed by atoms with E-state index in [9.17, 15) is 30.1 Å². The first-order valence-corrected chi connectivity index (χ1v) is 15.3. The molecular formula is C30H63B3N6O6. The van der Waals surface area contributed by atoms with Crippen molar-refractivity contribution >= 4 is 37.7 Å². The van der Waals surface area contributed by atoms with Gasteiger partial charge in [0.25, 0.3) is 0 Å². The van der Waals surface area contributed by atoms with Gasteiger partial charge in [0.1, 0.15) is 0 Å². The Bertz CT molecular complexity index is 730. The summed E-state index contributed by atoms with van der Waals surface area (Å²) in [6.07, 6.45) is 0. The minimum atomic E-state index is -1.84. The van der Waals surface area contributed by atoms with Gasteiger partial charge >= 0.3 is 0 Å². The second kappa shape index (κ2) is 51.0. The SMILES string of the molecule is CC[NH3+].CC[NH3+].CC[NH3+].CC[NH3+].CC[NH3+].CC[NH3+].[O-]B([O-])c1ccccc1.[O-]B([O-])c1ccccc1.[O-]B([O-])c1ccccc1. The molecule has 0 aliphatic carbocycles. The van der Waals surface area contributed by atoms with Crippen LogP contribution in [0.25, 0.3) is 0 Å². The molecule has 3 aromatic carbocycles. The third kappa shape index (κ3) is 57.6. The van der Waals surface area contributed by atoms with Gasteiger partial charge in [0.2, 0.25) is 0 Å². The van der Waals surface area contributed by atoms with E-state index in [-0.39, 0.29) is 0 Å². The summed E-state index contributed by atoms with van der Waals surface area (Å²) in [6.45, 7) is 18.1. The summed E-state index contributed by atoms with van der Waals surface area (Å²) in [7, 11) is -5.52. The molecule has 0 aliphatic rings. The monoisotopic (exact) mass is 637 g/mol. The van der Waals surface area contributed by atoms with E-state index in [0.717, 1.165) is 39.3 Å². The van der Waals surface area contributed by atoms with Crippen LogP contribution in [0, 0.1) is 0 Å². The first-order valence-electron chi connectivity index (χ1n) is 15.3. The van der Waals surface area contributed by atoms with Crippen molar-refractivity contribution in [2.45, 2.75) is 41.5 Å². The minimum Gasteiger partial charge on any atom is -0.889 e. The summed E-state index contributed by atoms with van der Waals surface area (Å²) >= 11 is 0. The van der Waals surface area contributed by atoms with Gasteiger partial charge in [-0.05, 0) is 41.5 Å². The van der Waals surface area contributed by atoms with Gasteiger partial charge in [-0.1, -0.05) is 112 Å². The zero-order chi connectivity index (χ0) is 36.3. The van der Waals surface area contributed by atoms with E-state index in [4.69, 9.17) is 0 Å². The van der Waals surface area contributed by atoms with Crippen LogP contribution in [0.1, 0.15) is 41.5 Å². The van der Waals surface area contributed by atoms with Gasteiger partial charge in [-0.15, -0.1) is 16.4 Å². The van der Waals surface area contributed by atoms with Gasteiger partial charge in [0.05, 0.1) is 39.3 Å². The summed E-state index contributed by atoms with van der Waals surface area (Å²) in [6, 6.07) is 24.6. The maximum Gasteiger partial charge on any atom is 0.0711 e. The largest absolute Gasteiger partial charge is 0.889 e. The molecule has 0 radical (unpaired) electrons. The lowest BCUT2D eigenvalue weighted by Crippen LogP contribution is -2.55. The topological polar surface area (TPSA) is 304 Å². The molecule has 18 N–H and O–H groups in total. The predicted molar refractivity (Wildman–Crippen MR) is 176 cm³/mol. The summed E-state index contributed by atoms with van der Waals surface area (Å²) in [5.74, 6) is 0. The van der Waals surface area contributed by atoms with E-state index in [2.05, 4.69) is 34.4 Å². The van der Waals surface area contributed by atoms with Gasteiger partial charge in [-0.25, -0.2) is 0 Å². The Morgan fingerprint density at radius 2 is 0.444 bits per heavy atom. The van der Waals surface area contributed by atoms with Gasteiger partial charge < -0.3 is 64.5 Å². The third-order valence-corrected chi connectivity index (χ3v) is 3.22. The molecule has 258 valence electrons. The highest BCUT2D eigenvalue weighted by atomic mass is 16.4. The highest BCUT2D eigenvalue weighted by Gasteiger charge is 1.82. The lowest BCUT2D eigenvalue weighted by Gasteiger charge is -2.26. The van der Waals surface area contributed by atoms with Crippen LogP contribution in [-0.2, 0) is 0 Å². The molecule has 0 amide bonds. The summed E-state index contributed by atoms with van der Waals surface area (Å²) in [5, 5.41) is 61.0. The van der Waals surface area contributed by atoms with Crippen molar-refractivity contribution in [2.75, 3.05) is 39.3 Å². The lowest BCUT2D eigenvalue weighted by atomic mass is 9.81. The normalized spacial score (nSPS) is 7.87. The zero-order valence-electron chi connectivity index (χ0n) is 28.8. The lowest BCUT2D eigenvalue weighted by molar-refractivity contribution is -0.362. The molecule has 0 saturated heterocycles. The van der Waals surface area contributed by atoms with E-state index in [1.54, 1.807) is 54.6 Å². The fourth-order valence-corrected chi connectivity index (χ4v) is 1.83. The van der Waals surface area contributed by atoms with Crippen LogP contribution in [-0.4, -0.2) is 60.6 Å². The first-order chi connectivity index (χ1) is 21.4. The van der Waals surface area contributed by atoms with E-state index < -0.39 is 21.4 Å². The van der Waals surface area contributed by atoms with E-state index in [0.29, 0.717) is 16.4 Å². The number of rotatable bonds is 3. The molecule has 0 unspecified atom stereocenters. The number of quaternary nitrogens is 6. The highest BCUT2D eigenvalue weighted by molar-refractivity contribution is 6.55. The molecule has 3 aromatic rings.